The first-order valence-corrected chi connectivity index (χ1v) is 5.88. The highest BCUT2D eigenvalue weighted by Crippen LogP contribution is 2.15. The van der Waals surface area contributed by atoms with Crippen LogP contribution >= 0.6 is 11.8 Å². The molecule has 0 aliphatic carbocycles. The van der Waals surface area contributed by atoms with Crippen LogP contribution in [0.5, 0.6) is 0 Å². The van der Waals surface area contributed by atoms with Gasteiger partial charge in [-0.05, 0) is 37.3 Å². The molecule has 14 heavy (non-hydrogen) atoms. The average molecular weight is 208 g/mol. The molecule has 1 aromatic carbocycles. The van der Waals surface area contributed by atoms with Crippen LogP contribution in [-0.4, -0.2) is 18.0 Å². The molecule has 1 N–H and O–H groups in total. The van der Waals surface area contributed by atoms with Gasteiger partial charge in [-0.3, -0.25) is 0 Å². The van der Waals surface area contributed by atoms with Gasteiger partial charge in [0, 0.05) is 4.90 Å². The molecule has 0 spiro atoms. The second kappa shape index (κ2) is 5.89. The third-order valence-electron chi connectivity index (χ3n) is 2.09. The van der Waals surface area contributed by atoms with Crippen molar-refractivity contribution in [3.8, 4) is 0 Å². The van der Waals surface area contributed by atoms with E-state index in [1.54, 1.807) is 11.8 Å². The second-order valence-electron chi connectivity index (χ2n) is 3.26. The van der Waals surface area contributed by atoms with Gasteiger partial charge in [0.25, 0.3) is 0 Å². The van der Waals surface area contributed by atoms with E-state index >= 15 is 0 Å². The van der Waals surface area contributed by atoms with Gasteiger partial charge in [-0.25, -0.2) is 0 Å². The van der Waals surface area contributed by atoms with Gasteiger partial charge >= 0.3 is 0 Å². The standard InChI is InChI=1S/C12H16OS/c1-10(9-13)3-4-11-5-7-12(14-2)8-6-11/h3,5-8,13H,4,9H2,1-2H3/b10-3+. The highest BCUT2D eigenvalue weighted by molar-refractivity contribution is 7.98. The van der Waals surface area contributed by atoms with Crippen molar-refractivity contribution in [2.45, 2.75) is 18.2 Å². The Bertz CT molecular complexity index is 301. The van der Waals surface area contributed by atoms with E-state index in [9.17, 15) is 0 Å². The fourth-order valence-corrected chi connectivity index (χ4v) is 1.53. The first kappa shape index (κ1) is 11.3. The lowest BCUT2D eigenvalue weighted by Crippen LogP contribution is -1.87. The van der Waals surface area contributed by atoms with E-state index < -0.39 is 0 Å². The third-order valence-corrected chi connectivity index (χ3v) is 2.84. The maximum absolute atomic E-state index is 8.82. The molecule has 1 aromatic rings. The van der Waals surface area contributed by atoms with E-state index in [0.29, 0.717) is 0 Å². The molecule has 1 rings (SSSR count). The fourth-order valence-electron chi connectivity index (χ4n) is 1.12. The summed E-state index contributed by atoms with van der Waals surface area (Å²) in [5.41, 5.74) is 2.31. The van der Waals surface area contributed by atoms with Gasteiger partial charge in [0.2, 0.25) is 0 Å². The summed E-state index contributed by atoms with van der Waals surface area (Å²) in [6, 6.07) is 8.52. The highest BCUT2D eigenvalue weighted by atomic mass is 32.2. The fraction of sp³-hybridized carbons (Fsp3) is 0.333. The highest BCUT2D eigenvalue weighted by Gasteiger charge is 1.92. The van der Waals surface area contributed by atoms with Crippen molar-refractivity contribution in [3.63, 3.8) is 0 Å². The maximum Gasteiger partial charge on any atom is 0.0639 e. The van der Waals surface area contributed by atoms with Crippen molar-refractivity contribution in [1.29, 1.82) is 0 Å². The smallest absolute Gasteiger partial charge is 0.0639 e. The summed E-state index contributed by atoms with van der Waals surface area (Å²) in [5, 5.41) is 8.82. The van der Waals surface area contributed by atoms with Crippen LogP contribution in [0.4, 0.5) is 0 Å². The molecule has 0 aromatic heterocycles. The van der Waals surface area contributed by atoms with Gasteiger partial charge in [-0.1, -0.05) is 23.8 Å². The lowest BCUT2D eigenvalue weighted by Gasteiger charge is -2.00. The zero-order chi connectivity index (χ0) is 10.4. The van der Waals surface area contributed by atoms with Crippen LogP contribution in [0, 0.1) is 0 Å². The van der Waals surface area contributed by atoms with Crippen molar-refractivity contribution < 1.29 is 5.11 Å². The summed E-state index contributed by atoms with van der Waals surface area (Å²) in [5.74, 6) is 0. The van der Waals surface area contributed by atoms with Gasteiger partial charge in [-0.2, -0.15) is 0 Å². The molecule has 0 aliphatic heterocycles. The Labute approximate surface area is 89.8 Å². The van der Waals surface area contributed by atoms with Crippen LogP contribution in [0.1, 0.15) is 12.5 Å². The summed E-state index contributed by atoms with van der Waals surface area (Å²) in [6.07, 6.45) is 5.04. The average Bonchev–Trinajstić information content (AvgIpc) is 2.26. The molecule has 76 valence electrons. The molecule has 0 fully saturated rings. The Balaban J connectivity index is 2.60. The summed E-state index contributed by atoms with van der Waals surface area (Å²) in [7, 11) is 0. The van der Waals surface area contributed by atoms with Gasteiger partial charge in [0.1, 0.15) is 0 Å². The summed E-state index contributed by atoms with van der Waals surface area (Å²) in [4.78, 5) is 1.29. The lowest BCUT2D eigenvalue weighted by atomic mass is 10.1. The van der Waals surface area contributed by atoms with Gasteiger partial charge in [0.15, 0.2) is 0 Å². The molecule has 0 atom stereocenters. The SMILES string of the molecule is CSc1ccc(C/C=C(\C)CO)cc1. The molecule has 1 nitrogen and oxygen atoms in total. The largest absolute Gasteiger partial charge is 0.392 e. The summed E-state index contributed by atoms with van der Waals surface area (Å²) < 4.78 is 0. The number of allylic oxidation sites excluding steroid dienone is 1. The minimum atomic E-state index is 0.156. The first-order chi connectivity index (χ1) is 6.76. The van der Waals surface area contributed by atoms with Crippen molar-refractivity contribution in [3.05, 3.63) is 41.5 Å². The van der Waals surface area contributed by atoms with Crippen LogP contribution in [-0.2, 0) is 6.42 Å². The molecule has 0 unspecified atom stereocenters. The number of hydrogen-bond donors (Lipinski definition) is 1. The van der Waals surface area contributed by atoms with Crippen LogP contribution in [0.3, 0.4) is 0 Å². The second-order valence-corrected chi connectivity index (χ2v) is 4.14. The van der Waals surface area contributed by atoms with Crippen molar-refractivity contribution >= 4 is 11.8 Å². The van der Waals surface area contributed by atoms with E-state index in [4.69, 9.17) is 5.11 Å². The number of rotatable bonds is 4. The van der Waals surface area contributed by atoms with Crippen LogP contribution in [0.2, 0.25) is 0 Å². The van der Waals surface area contributed by atoms with Crippen LogP contribution < -0.4 is 0 Å². The number of benzene rings is 1. The van der Waals surface area contributed by atoms with Crippen molar-refractivity contribution in [2.75, 3.05) is 12.9 Å². The lowest BCUT2D eigenvalue weighted by molar-refractivity contribution is 0.331. The molecule has 0 bridgehead atoms. The normalized spacial score (nSPS) is 11.8. The van der Waals surface area contributed by atoms with E-state index in [2.05, 4.69) is 36.6 Å². The Morgan fingerprint density at radius 3 is 2.50 bits per heavy atom. The summed E-state index contributed by atoms with van der Waals surface area (Å²) >= 11 is 1.75. The van der Waals surface area contributed by atoms with Crippen molar-refractivity contribution in [2.24, 2.45) is 0 Å². The van der Waals surface area contributed by atoms with Gasteiger partial charge < -0.3 is 5.11 Å². The Morgan fingerprint density at radius 1 is 1.36 bits per heavy atom. The molecule has 0 saturated heterocycles. The topological polar surface area (TPSA) is 20.2 Å². The molecular formula is C12H16OS. The zero-order valence-corrected chi connectivity index (χ0v) is 9.47. The van der Waals surface area contributed by atoms with E-state index in [-0.39, 0.29) is 6.61 Å². The molecule has 0 saturated carbocycles. The quantitative estimate of drug-likeness (QED) is 0.606. The van der Waals surface area contributed by atoms with Gasteiger partial charge in [0.05, 0.1) is 6.61 Å². The molecule has 2 heteroatoms. The molecular weight excluding hydrogens is 192 g/mol. The predicted molar refractivity (Wildman–Crippen MR) is 62.8 cm³/mol. The van der Waals surface area contributed by atoms with E-state index in [1.807, 2.05) is 6.92 Å². The maximum atomic E-state index is 8.82. The summed E-state index contributed by atoms with van der Waals surface area (Å²) in [6.45, 7) is 2.10. The van der Waals surface area contributed by atoms with Crippen molar-refractivity contribution in [1.82, 2.24) is 0 Å². The van der Waals surface area contributed by atoms with E-state index in [0.717, 1.165) is 12.0 Å². The zero-order valence-electron chi connectivity index (χ0n) is 8.66. The minimum absolute atomic E-state index is 0.156. The number of aliphatic hydroxyl groups is 1. The Hall–Kier alpha value is -0.730. The van der Waals surface area contributed by atoms with E-state index in [1.165, 1.54) is 10.5 Å². The van der Waals surface area contributed by atoms with Crippen LogP contribution in [0.25, 0.3) is 0 Å². The number of hydrogen-bond acceptors (Lipinski definition) is 2. The number of aliphatic hydroxyl groups excluding tert-OH is 1. The molecule has 0 radical (unpaired) electrons. The molecule has 0 heterocycles. The minimum Gasteiger partial charge on any atom is -0.392 e. The third kappa shape index (κ3) is 3.56. The monoisotopic (exact) mass is 208 g/mol. The molecule has 0 amide bonds. The predicted octanol–water partition coefficient (Wildman–Crippen LogP) is 2.89. The first-order valence-electron chi connectivity index (χ1n) is 4.65. The van der Waals surface area contributed by atoms with Gasteiger partial charge in [-0.15, -0.1) is 11.8 Å². The Morgan fingerprint density at radius 2 is 2.00 bits per heavy atom. The molecule has 0 aliphatic rings. The van der Waals surface area contributed by atoms with Crippen LogP contribution in [0.15, 0.2) is 40.8 Å². The number of thioether (sulfide) groups is 1. The Kier molecular flexibility index (Phi) is 4.77.